The molecule has 6 unspecified atom stereocenters. The van der Waals surface area contributed by atoms with E-state index in [0.29, 0.717) is 0 Å². The summed E-state index contributed by atoms with van der Waals surface area (Å²) >= 11 is 0. The predicted molar refractivity (Wildman–Crippen MR) is 85.5 cm³/mol. The minimum Gasteiger partial charge on any atom is -0.0625 e. The molecule has 4 saturated carbocycles. The van der Waals surface area contributed by atoms with Crippen LogP contribution in [0.4, 0.5) is 0 Å². The lowest BCUT2D eigenvalue weighted by atomic mass is 9.45. The van der Waals surface area contributed by atoms with Crippen molar-refractivity contribution in [2.45, 2.75) is 85.0 Å². The van der Waals surface area contributed by atoms with E-state index in [1.165, 1.54) is 19.3 Å². The Balaban J connectivity index is 1.62. The summed E-state index contributed by atoms with van der Waals surface area (Å²) in [6, 6.07) is 0. The third-order valence-electron chi connectivity index (χ3n) is 8.71. The Labute approximate surface area is 126 Å². The van der Waals surface area contributed by atoms with Crippen molar-refractivity contribution >= 4 is 0 Å². The third kappa shape index (κ3) is 1.78. The molecule has 0 aromatic carbocycles. The molecule has 0 aliphatic heterocycles. The van der Waals surface area contributed by atoms with Crippen molar-refractivity contribution in [1.82, 2.24) is 0 Å². The predicted octanol–water partition coefficient (Wildman–Crippen LogP) is 6.06. The highest BCUT2D eigenvalue weighted by molar-refractivity contribution is 5.07. The molecule has 114 valence electrons. The Morgan fingerprint density at radius 2 is 1.65 bits per heavy atom. The molecule has 0 amide bonds. The molecule has 0 aromatic heterocycles. The second-order valence-corrected chi connectivity index (χ2v) is 9.62. The minimum atomic E-state index is 0.722. The van der Waals surface area contributed by atoms with E-state index in [2.05, 4.69) is 20.8 Å². The Morgan fingerprint density at radius 1 is 0.800 bits per heavy atom. The average molecular weight is 274 g/mol. The fourth-order valence-corrected chi connectivity index (χ4v) is 7.47. The van der Waals surface area contributed by atoms with Gasteiger partial charge in [0.1, 0.15) is 0 Å². The van der Waals surface area contributed by atoms with E-state index in [1.54, 1.807) is 44.9 Å². The summed E-state index contributed by atoms with van der Waals surface area (Å²) in [5.41, 5.74) is 1.46. The molecular formula is C20H34. The van der Waals surface area contributed by atoms with Crippen molar-refractivity contribution in [2.75, 3.05) is 0 Å². The first-order valence-electron chi connectivity index (χ1n) is 9.53. The second-order valence-electron chi connectivity index (χ2n) is 9.62. The lowest BCUT2D eigenvalue weighted by molar-refractivity contribution is -0.110. The van der Waals surface area contributed by atoms with E-state index in [1.807, 2.05) is 0 Å². The number of hydrogen-bond acceptors (Lipinski definition) is 0. The van der Waals surface area contributed by atoms with Gasteiger partial charge >= 0.3 is 0 Å². The lowest BCUT2D eigenvalue weighted by Gasteiger charge is -2.60. The molecule has 0 heteroatoms. The summed E-state index contributed by atoms with van der Waals surface area (Å²) in [4.78, 5) is 0. The lowest BCUT2D eigenvalue weighted by Crippen LogP contribution is -2.52. The van der Waals surface area contributed by atoms with E-state index in [-0.39, 0.29) is 0 Å². The van der Waals surface area contributed by atoms with Crippen molar-refractivity contribution < 1.29 is 0 Å². The number of rotatable bonds is 0. The summed E-state index contributed by atoms with van der Waals surface area (Å²) in [6.45, 7) is 7.84. The highest BCUT2D eigenvalue weighted by Gasteiger charge is 2.57. The van der Waals surface area contributed by atoms with Crippen LogP contribution in [0.2, 0.25) is 0 Å². The second kappa shape index (κ2) is 4.50. The molecule has 4 rings (SSSR count). The van der Waals surface area contributed by atoms with Crippen LogP contribution in [0.15, 0.2) is 0 Å². The van der Waals surface area contributed by atoms with Crippen LogP contribution in [0.25, 0.3) is 0 Å². The van der Waals surface area contributed by atoms with Crippen molar-refractivity contribution in [3.8, 4) is 0 Å². The van der Waals surface area contributed by atoms with Gasteiger partial charge in [-0.25, -0.2) is 0 Å². The average Bonchev–Trinajstić information content (AvgIpc) is 2.81. The molecule has 4 fully saturated rings. The van der Waals surface area contributed by atoms with Crippen molar-refractivity contribution in [1.29, 1.82) is 0 Å². The van der Waals surface area contributed by atoms with Crippen LogP contribution in [-0.2, 0) is 0 Å². The van der Waals surface area contributed by atoms with E-state index in [0.717, 1.165) is 40.4 Å². The Kier molecular flexibility index (Phi) is 3.07. The van der Waals surface area contributed by atoms with Crippen molar-refractivity contribution in [2.24, 2.45) is 40.4 Å². The molecule has 4 aliphatic carbocycles. The SMILES string of the molecule is C[C@@H]1CCC2(C)C(CCC3C4CCCC4(C)CCC32)C1. The zero-order valence-electron chi connectivity index (χ0n) is 14.0. The van der Waals surface area contributed by atoms with E-state index in [4.69, 9.17) is 0 Å². The monoisotopic (exact) mass is 274 g/mol. The number of fused-ring (bicyclic) bond motifs is 5. The quantitative estimate of drug-likeness (QED) is 0.504. The molecular weight excluding hydrogens is 240 g/mol. The molecule has 0 nitrogen and oxygen atoms in total. The first-order chi connectivity index (χ1) is 9.53. The molecule has 0 bridgehead atoms. The molecule has 0 radical (unpaired) electrons. The molecule has 0 N–H and O–H groups in total. The van der Waals surface area contributed by atoms with E-state index >= 15 is 0 Å². The van der Waals surface area contributed by atoms with Gasteiger partial charge in [0.25, 0.3) is 0 Å². The van der Waals surface area contributed by atoms with Crippen LogP contribution in [0.5, 0.6) is 0 Å². The van der Waals surface area contributed by atoms with Crippen molar-refractivity contribution in [3.05, 3.63) is 0 Å². The zero-order valence-corrected chi connectivity index (χ0v) is 14.0. The van der Waals surface area contributed by atoms with Gasteiger partial charge in [-0.15, -0.1) is 0 Å². The first kappa shape index (κ1) is 13.6. The summed E-state index contributed by atoms with van der Waals surface area (Å²) in [5, 5.41) is 0. The van der Waals surface area contributed by atoms with Gasteiger partial charge in [0, 0.05) is 0 Å². The van der Waals surface area contributed by atoms with Gasteiger partial charge in [0.2, 0.25) is 0 Å². The number of hydrogen-bond donors (Lipinski definition) is 0. The molecule has 20 heavy (non-hydrogen) atoms. The van der Waals surface area contributed by atoms with Crippen LogP contribution in [0.1, 0.15) is 85.0 Å². The summed E-state index contributed by atoms with van der Waals surface area (Å²) in [5.74, 6) is 5.36. The van der Waals surface area contributed by atoms with Gasteiger partial charge in [-0.1, -0.05) is 33.6 Å². The third-order valence-corrected chi connectivity index (χ3v) is 8.71. The van der Waals surface area contributed by atoms with Gasteiger partial charge < -0.3 is 0 Å². The smallest absolute Gasteiger partial charge is 0.0266 e. The van der Waals surface area contributed by atoms with Gasteiger partial charge in [-0.2, -0.15) is 0 Å². The van der Waals surface area contributed by atoms with Crippen LogP contribution >= 0.6 is 0 Å². The Hall–Kier alpha value is 0. The van der Waals surface area contributed by atoms with Crippen LogP contribution in [0.3, 0.4) is 0 Å². The molecule has 0 heterocycles. The van der Waals surface area contributed by atoms with Gasteiger partial charge in [0.05, 0.1) is 0 Å². The van der Waals surface area contributed by atoms with Crippen LogP contribution in [0, 0.1) is 40.4 Å². The first-order valence-corrected chi connectivity index (χ1v) is 9.53. The Bertz CT molecular complexity index is 385. The normalized spacial score (nSPS) is 58.6. The molecule has 0 spiro atoms. The van der Waals surface area contributed by atoms with Gasteiger partial charge in [-0.05, 0) is 91.8 Å². The molecule has 7 atom stereocenters. The highest BCUT2D eigenvalue weighted by Crippen LogP contribution is 2.66. The topological polar surface area (TPSA) is 0 Å². The van der Waals surface area contributed by atoms with Gasteiger partial charge in [0.15, 0.2) is 0 Å². The summed E-state index contributed by atoms with van der Waals surface area (Å²) < 4.78 is 0. The largest absolute Gasteiger partial charge is 0.0625 e. The zero-order chi connectivity index (χ0) is 14.0. The fourth-order valence-electron chi connectivity index (χ4n) is 7.47. The van der Waals surface area contributed by atoms with Crippen LogP contribution < -0.4 is 0 Å². The van der Waals surface area contributed by atoms with E-state index < -0.39 is 0 Å². The maximum absolute atomic E-state index is 2.71. The minimum absolute atomic E-state index is 0.722. The Morgan fingerprint density at radius 3 is 2.50 bits per heavy atom. The standard InChI is InChI=1S/C20H34/c1-14-8-12-20(3)15(13-14)6-7-16-17-5-4-10-19(17,2)11-9-18(16)20/h14-18H,4-13H2,1-3H3/t14-,15?,16?,17?,18?,19?,20?/m1/s1. The maximum atomic E-state index is 2.71. The van der Waals surface area contributed by atoms with Gasteiger partial charge in [-0.3, -0.25) is 0 Å². The summed E-state index contributed by atoms with van der Waals surface area (Å²) in [6.07, 6.45) is 15.5. The highest BCUT2D eigenvalue weighted by atomic mass is 14.6. The molecule has 0 aromatic rings. The summed E-state index contributed by atoms with van der Waals surface area (Å²) in [7, 11) is 0. The van der Waals surface area contributed by atoms with Crippen molar-refractivity contribution in [3.63, 3.8) is 0 Å². The fraction of sp³-hybridized carbons (Fsp3) is 1.00. The maximum Gasteiger partial charge on any atom is -0.0266 e. The van der Waals surface area contributed by atoms with E-state index in [9.17, 15) is 0 Å². The molecule has 0 saturated heterocycles. The molecule has 4 aliphatic rings. The van der Waals surface area contributed by atoms with Crippen LogP contribution in [-0.4, -0.2) is 0 Å².